The minimum Gasteiger partial charge on any atom is -0.350 e. The van der Waals surface area contributed by atoms with E-state index >= 15 is 0 Å². The first-order chi connectivity index (χ1) is 12.7. The Morgan fingerprint density at radius 1 is 1.00 bits per heavy atom. The highest BCUT2D eigenvalue weighted by molar-refractivity contribution is 7.92. The van der Waals surface area contributed by atoms with Crippen LogP contribution in [0.1, 0.15) is 42.5 Å². The van der Waals surface area contributed by atoms with Crippen molar-refractivity contribution in [3.05, 3.63) is 65.2 Å². The lowest BCUT2D eigenvalue weighted by molar-refractivity contribution is -0.121. The maximum absolute atomic E-state index is 12.2. The normalized spacial score (nSPS) is 12.4. The topological polar surface area (TPSA) is 66.5 Å². The van der Waals surface area contributed by atoms with Crippen LogP contribution in [-0.4, -0.2) is 27.1 Å². The molecule has 0 saturated heterocycles. The van der Waals surface area contributed by atoms with Crippen molar-refractivity contribution < 1.29 is 13.2 Å². The number of amides is 1. The summed E-state index contributed by atoms with van der Waals surface area (Å²) in [7, 11) is -3.40. The number of benzene rings is 2. The smallest absolute Gasteiger partial charge is 0.232 e. The molecule has 0 fully saturated rings. The number of nitrogens with one attached hydrogen (secondary N) is 1. The maximum Gasteiger partial charge on any atom is 0.232 e. The first-order valence-corrected chi connectivity index (χ1v) is 10.9. The molecule has 1 N–H and O–H groups in total. The van der Waals surface area contributed by atoms with Crippen LogP contribution < -0.4 is 9.62 Å². The summed E-state index contributed by atoms with van der Waals surface area (Å²) in [5.41, 5.74) is 3.91. The van der Waals surface area contributed by atoms with Gasteiger partial charge in [-0.05, 0) is 44.9 Å². The molecule has 0 radical (unpaired) electrons. The highest BCUT2D eigenvalue weighted by Crippen LogP contribution is 2.19. The molecule has 146 valence electrons. The van der Waals surface area contributed by atoms with Crippen LogP contribution in [0.5, 0.6) is 0 Å². The third-order valence-electron chi connectivity index (χ3n) is 4.44. The highest BCUT2D eigenvalue weighted by Gasteiger charge is 2.18. The van der Waals surface area contributed by atoms with Gasteiger partial charge >= 0.3 is 0 Å². The Morgan fingerprint density at radius 3 is 2.04 bits per heavy atom. The van der Waals surface area contributed by atoms with Crippen LogP contribution >= 0.6 is 0 Å². The first kappa shape index (κ1) is 21.0. The molecule has 0 aliphatic carbocycles. The zero-order chi connectivity index (χ0) is 20.0. The number of hydrogen-bond acceptors (Lipinski definition) is 3. The van der Waals surface area contributed by atoms with E-state index in [2.05, 4.69) is 5.32 Å². The lowest BCUT2D eigenvalue weighted by Crippen LogP contribution is -2.32. The Hall–Kier alpha value is -2.34. The second-order valence-corrected chi connectivity index (χ2v) is 8.88. The molecule has 2 aromatic rings. The van der Waals surface area contributed by atoms with Crippen molar-refractivity contribution in [3.8, 4) is 0 Å². The summed E-state index contributed by atoms with van der Waals surface area (Å²) in [5.74, 6) is -0.0829. The van der Waals surface area contributed by atoms with Gasteiger partial charge in [-0.2, -0.15) is 0 Å². The zero-order valence-electron chi connectivity index (χ0n) is 16.4. The summed E-state index contributed by atoms with van der Waals surface area (Å²) in [5, 5.41) is 2.97. The monoisotopic (exact) mass is 388 g/mol. The zero-order valence-corrected chi connectivity index (χ0v) is 17.2. The van der Waals surface area contributed by atoms with Gasteiger partial charge in [-0.1, -0.05) is 47.5 Å². The van der Waals surface area contributed by atoms with Gasteiger partial charge in [0.1, 0.15) is 0 Å². The number of aryl methyl sites for hydroxylation is 2. The number of sulfonamides is 1. The predicted octanol–water partition coefficient (Wildman–Crippen LogP) is 3.73. The number of anilines is 1. The van der Waals surface area contributed by atoms with Gasteiger partial charge in [-0.15, -0.1) is 0 Å². The van der Waals surface area contributed by atoms with Crippen molar-refractivity contribution in [2.45, 2.75) is 39.7 Å². The van der Waals surface area contributed by atoms with Gasteiger partial charge in [0.2, 0.25) is 15.9 Å². The summed E-state index contributed by atoms with van der Waals surface area (Å²) in [6, 6.07) is 15.3. The Labute approximate surface area is 162 Å². The molecule has 2 aromatic carbocycles. The molecule has 0 spiro atoms. The molecule has 27 heavy (non-hydrogen) atoms. The second kappa shape index (κ2) is 9.04. The molecular weight excluding hydrogens is 360 g/mol. The third kappa shape index (κ3) is 6.40. The lowest BCUT2D eigenvalue weighted by Gasteiger charge is -2.22. The van der Waals surface area contributed by atoms with Gasteiger partial charge < -0.3 is 5.32 Å². The Morgan fingerprint density at radius 2 is 1.52 bits per heavy atom. The highest BCUT2D eigenvalue weighted by atomic mass is 32.2. The SMILES string of the molecule is Cc1ccc([C@@H](C)NC(=O)CCCN(c2ccc(C)cc2)S(C)(=O)=O)cc1. The molecule has 5 nitrogen and oxygen atoms in total. The maximum atomic E-state index is 12.2. The van der Waals surface area contributed by atoms with Crippen molar-refractivity contribution in [3.63, 3.8) is 0 Å². The van der Waals surface area contributed by atoms with Crippen molar-refractivity contribution in [2.75, 3.05) is 17.1 Å². The molecule has 0 aliphatic heterocycles. The molecule has 0 unspecified atom stereocenters. The molecule has 6 heteroatoms. The largest absolute Gasteiger partial charge is 0.350 e. The number of rotatable bonds is 8. The molecular formula is C21H28N2O3S. The number of hydrogen-bond donors (Lipinski definition) is 1. The number of nitrogens with zero attached hydrogens (tertiary/aromatic N) is 1. The van der Waals surface area contributed by atoms with E-state index in [4.69, 9.17) is 0 Å². The summed E-state index contributed by atoms with van der Waals surface area (Å²) >= 11 is 0. The first-order valence-electron chi connectivity index (χ1n) is 9.07. The van der Waals surface area contributed by atoms with Crippen molar-refractivity contribution >= 4 is 21.6 Å². The van der Waals surface area contributed by atoms with Gasteiger partial charge in [0.05, 0.1) is 18.0 Å². The standard InChI is InChI=1S/C21H28N2O3S/c1-16-7-11-19(12-8-16)18(3)22-21(24)6-5-15-23(27(4,25)26)20-13-9-17(2)10-14-20/h7-14,18H,5-6,15H2,1-4H3,(H,22,24)/t18-/m1/s1. The van der Waals surface area contributed by atoms with E-state index in [1.807, 2.05) is 57.2 Å². The van der Waals surface area contributed by atoms with E-state index in [-0.39, 0.29) is 24.9 Å². The number of carbonyl (C=O) groups excluding carboxylic acids is 1. The molecule has 0 aliphatic rings. The second-order valence-electron chi connectivity index (χ2n) is 6.97. The lowest BCUT2D eigenvalue weighted by atomic mass is 10.1. The van der Waals surface area contributed by atoms with Crippen LogP contribution in [0.2, 0.25) is 0 Å². The van der Waals surface area contributed by atoms with Crippen LogP contribution in [-0.2, 0) is 14.8 Å². The molecule has 2 rings (SSSR count). The van der Waals surface area contributed by atoms with Crippen LogP contribution in [0.15, 0.2) is 48.5 Å². The van der Waals surface area contributed by atoms with Gasteiger partial charge in [-0.25, -0.2) is 8.42 Å². The van der Waals surface area contributed by atoms with E-state index in [1.165, 1.54) is 16.1 Å². The quantitative estimate of drug-likeness (QED) is 0.749. The van der Waals surface area contributed by atoms with Crippen LogP contribution in [0.25, 0.3) is 0 Å². The summed E-state index contributed by atoms with van der Waals surface area (Å²) < 4.78 is 25.6. The van der Waals surface area contributed by atoms with Crippen molar-refractivity contribution in [2.24, 2.45) is 0 Å². The van der Waals surface area contributed by atoms with Gasteiger partial charge in [0.15, 0.2) is 0 Å². The van der Waals surface area contributed by atoms with Crippen LogP contribution in [0.3, 0.4) is 0 Å². The van der Waals surface area contributed by atoms with E-state index in [1.54, 1.807) is 12.1 Å². The molecule has 1 atom stereocenters. The Bertz CT molecular complexity index is 859. The third-order valence-corrected chi connectivity index (χ3v) is 5.64. The fraction of sp³-hybridized carbons (Fsp3) is 0.381. The minimum atomic E-state index is -3.40. The molecule has 0 heterocycles. The van der Waals surface area contributed by atoms with Crippen LogP contribution in [0, 0.1) is 13.8 Å². The fourth-order valence-corrected chi connectivity index (χ4v) is 3.80. The molecule has 0 aromatic heterocycles. The molecule has 1 amide bonds. The van der Waals surface area contributed by atoms with Crippen molar-refractivity contribution in [1.29, 1.82) is 0 Å². The van der Waals surface area contributed by atoms with E-state index in [0.717, 1.165) is 11.1 Å². The summed E-state index contributed by atoms with van der Waals surface area (Å²) in [6.45, 7) is 6.19. The van der Waals surface area contributed by atoms with E-state index in [0.29, 0.717) is 12.1 Å². The van der Waals surface area contributed by atoms with E-state index < -0.39 is 10.0 Å². The van der Waals surface area contributed by atoms with Crippen molar-refractivity contribution in [1.82, 2.24) is 5.32 Å². The van der Waals surface area contributed by atoms with Gasteiger partial charge in [0, 0.05) is 13.0 Å². The summed E-state index contributed by atoms with van der Waals surface area (Å²) in [6.07, 6.45) is 1.91. The van der Waals surface area contributed by atoms with E-state index in [9.17, 15) is 13.2 Å². The Kier molecular flexibility index (Phi) is 7.02. The summed E-state index contributed by atoms with van der Waals surface area (Å²) in [4.78, 5) is 12.2. The number of carbonyl (C=O) groups is 1. The Balaban J connectivity index is 1.91. The van der Waals surface area contributed by atoms with Gasteiger partial charge in [-0.3, -0.25) is 9.10 Å². The van der Waals surface area contributed by atoms with Gasteiger partial charge in [0.25, 0.3) is 0 Å². The average Bonchev–Trinajstić information content (AvgIpc) is 2.59. The average molecular weight is 389 g/mol. The minimum absolute atomic E-state index is 0.0822. The fourth-order valence-electron chi connectivity index (χ4n) is 2.83. The van der Waals surface area contributed by atoms with Crippen LogP contribution in [0.4, 0.5) is 5.69 Å². The molecule has 0 bridgehead atoms. The molecule has 0 saturated carbocycles. The predicted molar refractivity (Wildman–Crippen MR) is 110 cm³/mol.